The van der Waals surface area contributed by atoms with Gasteiger partial charge in [-0.1, -0.05) is 0 Å². The molecular formula is C14H16N6O2. The molecule has 0 atom stereocenters. The van der Waals surface area contributed by atoms with Gasteiger partial charge in [0.15, 0.2) is 0 Å². The third kappa shape index (κ3) is 3.75. The van der Waals surface area contributed by atoms with E-state index < -0.39 is 11.9 Å². The van der Waals surface area contributed by atoms with Gasteiger partial charge in [-0.15, -0.1) is 0 Å². The normalized spacial score (nSPS) is 9.91. The summed E-state index contributed by atoms with van der Waals surface area (Å²) in [5.74, 6) is 0.127. The minimum Gasteiger partial charge on any atom is -0.337 e. The van der Waals surface area contributed by atoms with E-state index in [0.29, 0.717) is 23.6 Å². The number of hydrogen-bond acceptors (Lipinski definition) is 5. The predicted molar refractivity (Wildman–Crippen MR) is 80.0 cm³/mol. The monoisotopic (exact) mass is 300 g/mol. The molecule has 0 aliphatic rings. The molecule has 0 spiro atoms. The predicted octanol–water partition coefficient (Wildman–Crippen LogP) is 1.06. The Morgan fingerprint density at radius 1 is 1.23 bits per heavy atom. The minimum absolute atomic E-state index is 0.333. The zero-order valence-electron chi connectivity index (χ0n) is 12.3. The van der Waals surface area contributed by atoms with Crippen LogP contribution in [0.4, 0.5) is 10.5 Å². The molecule has 0 aromatic carbocycles. The van der Waals surface area contributed by atoms with Crippen LogP contribution in [0.1, 0.15) is 23.1 Å². The first-order chi connectivity index (χ1) is 10.6. The Bertz CT molecular complexity index is 644. The fraction of sp³-hybridized carbons (Fsp3) is 0.214. The molecule has 0 radical (unpaired) electrons. The number of urea groups is 1. The molecule has 22 heavy (non-hydrogen) atoms. The number of carbonyl (C=O) groups excluding carboxylic acids is 2. The van der Waals surface area contributed by atoms with Gasteiger partial charge in [0.05, 0.1) is 18.0 Å². The first-order valence-corrected chi connectivity index (χ1v) is 6.69. The summed E-state index contributed by atoms with van der Waals surface area (Å²) in [6.07, 6.45) is 5.91. The second-order valence-electron chi connectivity index (χ2n) is 4.34. The van der Waals surface area contributed by atoms with Crippen molar-refractivity contribution in [2.45, 2.75) is 13.8 Å². The lowest BCUT2D eigenvalue weighted by atomic mass is 10.2. The van der Waals surface area contributed by atoms with Crippen molar-refractivity contribution in [1.82, 2.24) is 25.7 Å². The second kappa shape index (κ2) is 7.11. The lowest BCUT2D eigenvalue weighted by Gasteiger charge is -2.22. The molecule has 8 heteroatoms. The summed E-state index contributed by atoms with van der Waals surface area (Å²) in [7, 11) is 0. The molecule has 0 bridgehead atoms. The standard InChI is InChI=1S/C14H16N6O2/c1-3-16-14(22)19-20(12-8-17-10(2)18-9-12)13(21)11-5-4-6-15-7-11/h4-9H,3H2,1-2H3,(H2,16,19,22). The third-order valence-corrected chi connectivity index (χ3v) is 2.69. The van der Waals surface area contributed by atoms with E-state index in [1.165, 1.54) is 18.6 Å². The summed E-state index contributed by atoms with van der Waals surface area (Å²) in [6.45, 7) is 3.95. The molecule has 2 aromatic heterocycles. The van der Waals surface area contributed by atoms with Crippen molar-refractivity contribution in [3.63, 3.8) is 0 Å². The van der Waals surface area contributed by atoms with Gasteiger partial charge in [-0.2, -0.15) is 0 Å². The molecule has 8 nitrogen and oxygen atoms in total. The number of carbonyl (C=O) groups is 2. The van der Waals surface area contributed by atoms with Crippen molar-refractivity contribution in [2.24, 2.45) is 0 Å². The Balaban J connectivity index is 2.30. The van der Waals surface area contributed by atoms with Gasteiger partial charge in [-0.3, -0.25) is 9.78 Å². The second-order valence-corrected chi connectivity index (χ2v) is 4.34. The van der Waals surface area contributed by atoms with Gasteiger partial charge in [0.25, 0.3) is 5.91 Å². The quantitative estimate of drug-likeness (QED) is 0.826. The minimum atomic E-state index is -0.500. The van der Waals surface area contributed by atoms with Crippen LogP contribution in [-0.4, -0.2) is 33.4 Å². The van der Waals surface area contributed by atoms with Crippen molar-refractivity contribution in [1.29, 1.82) is 0 Å². The molecule has 0 saturated heterocycles. The van der Waals surface area contributed by atoms with Crippen LogP contribution >= 0.6 is 0 Å². The topological polar surface area (TPSA) is 100 Å². The smallest absolute Gasteiger partial charge is 0.334 e. The van der Waals surface area contributed by atoms with Gasteiger partial charge >= 0.3 is 6.03 Å². The number of hydrazine groups is 1. The van der Waals surface area contributed by atoms with E-state index in [0.717, 1.165) is 5.01 Å². The Morgan fingerprint density at radius 2 is 1.95 bits per heavy atom. The maximum absolute atomic E-state index is 12.6. The number of nitrogens with one attached hydrogen (secondary N) is 2. The van der Waals surface area contributed by atoms with Crippen LogP contribution in [0.15, 0.2) is 36.9 Å². The fourth-order valence-electron chi connectivity index (χ4n) is 1.65. The zero-order chi connectivity index (χ0) is 15.9. The highest BCUT2D eigenvalue weighted by molar-refractivity contribution is 6.06. The van der Waals surface area contributed by atoms with Crippen molar-refractivity contribution in [3.05, 3.63) is 48.3 Å². The molecule has 0 aliphatic carbocycles. The van der Waals surface area contributed by atoms with E-state index in [-0.39, 0.29) is 0 Å². The molecule has 3 amide bonds. The third-order valence-electron chi connectivity index (χ3n) is 2.69. The van der Waals surface area contributed by atoms with Crippen LogP contribution < -0.4 is 15.8 Å². The molecule has 2 N–H and O–H groups in total. The number of nitrogens with zero attached hydrogens (tertiary/aromatic N) is 4. The van der Waals surface area contributed by atoms with E-state index in [2.05, 4.69) is 25.7 Å². The van der Waals surface area contributed by atoms with Gasteiger partial charge in [0, 0.05) is 18.9 Å². The first kappa shape index (κ1) is 15.4. The molecule has 0 unspecified atom stereocenters. The maximum atomic E-state index is 12.6. The summed E-state index contributed by atoms with van der Waals surface area (Å²) < 4.78 is 0. The summed E-state index contributed by atoms with van der Waals surface area (Å²) in [5, 5.41) is 3.65. The molecule has 0 saturated carbocycles. The van der Waals surface area contributed by atoms with E-state index in [1.54, 1.807) is 32.2 Å². The number of aromatic nitrogens is 3. The van der Waals surface area contributed by atoms with Gasteiger partial charge < -0.3 is 5.32 Å². The number of rotatable bonds is 3. The SMILES string of the molecule is CCNC(=O)NN(C(=O)c1cccnc1)c1cnc(C)nc1. The van der Waals surface area contributed by atoms with Crippen LogP contribution in [-0.2, 0) is 0 Å². The highest BCUT2D eigenvalue weighted by Gasteiger charge is 2.20. The number of pyridine rings is 1. The van der Waals surface area contributed by atoms with Gasteiger partial charge in [-0.05, 0) is 26.0 Å². The van der Waals surface area contributed by atoms with Crippen LogP contribution in [0.3, 0.4) is 0 Å². The zero-order valence-corrected chi connectivity index (χ0v) is 12.3. The Kier molecular flexibility index (Phi) is 4.97. The largest absolute Gasteiger partial charge is 0.337 e. The highest BCUT2D eigenvalue weighted by atomic mass is 16.2. The number of aryl methyl sites for hydroxylation is 1. The van der Waals surface area contributed by atoms with E-state index in [4.69, 9.17) is 0 Å². The molecule has 114 valence electrons. The Morgan fingerprint density at radius 3 is 2.55 bits per heavy atom. The molecule has 2 rings (SSSR count). The van der Waals surface area contributed by atoms with Gasteiger partial charge in [0.1, 0.15) is 11.5 Å². The molecule has 0 fully saturated rings. The fourth-order valence-corrected chi connectivity index (χ4v) is 1.65. The van der Waals surface area contributed by atoms with Crippen LogP contribution in [0.5, 0.6) is 0 Å². The van der Waals surface area contributed by atoms with Crippen molar-refractivity contribution < 1.29 is 9.59 Å². The number of amides is 3. The van der Waals surface area contributed by atoms with E-state index >= 15 is 0 Å². The first-order valence-electron chi connectivity index (χ1n) is 6.69. The van der Waals surface area contributed by atoms with Crippen LogP contribution in [0.25, 0.3) is 0 Å². The van der Waals surface area contributed by atoms with Crippen LogP contribution in [0, 0.1) is 6.92 Å². The van der Waals surface area contributed by atoms with E-state index in [9.17, 15) is 9.59 Å². The average molecular weight is 300 g/mol. The Hall–Kier alpha value is -3.03. The molecule has 2 aromatic rings. The number of hydrogen-bond donors (Lipinski definition) is 2. The van der Waals surface area contributed by atoms with Crippen LogP contribution in [0.2, 0.25) is 0 Å². The molecule has 2 heterocycles. The summed E-state index contributed by atoms with van der Waals surface area (Å²) in [4.78, 5) is 36.3. The van der Waals surface area contributed by atoms with Crippen molar-refractivity contribution in [2.75, 3.05) is 11.6 Å². The lowest BCUT2D eigenvalue weighted by Crippen LogP contribution is -2.50. The summed E-state index contributed by atoms with van der Waals surface area (Å²) in [5.41, 5.74) is 3.16. The van der Waals surface area contributed by atoms with Gasteiger partial charge in [-0.25, -0.2) is 25.2 Å². The van der Waals surface area contributed by atoms with Crippen molar-refractivity contribution in [3.8, 4) is 0 Å². The number of anilines is 1. The maximum Gasteiger partial charge on any atom is 0.334 e. The average Bonchev–Trinajstić information content (AvgIpc) is 2.54. The Labute approximate surface area is 127 Å². The van der Waals surface area contributed by atoms with Crippen molar-refractivity contribution >= 4 is 17.6 Å². The summed E-state index contributed by atoms with van der Waals surface area (Å²) in [6, 6.07) is 2.75. The van der Waals surface area contributed by atoms with Gasteiger partial charge in [0.2, 0.25) is 0 Å². The lowest BCUT2D eigenvalue weighted by molar-refractivity contribution is 0.0975. The molecular weight excluding hydrogens is 284 g/mol. The summed E-state index contributed by atoms with van der Waals surface area (Å²) >= 11 is 0. The molecule has 0 aliphatic heterocycles. The highest BCUT2D eigenvalue weighted by Crippen LogP contribution is 2.12. The van der Waals surface area contributed by atoms with E-state index in [1.807, 2.05) is 0 Å².